The standard InChI is InChI=1S/C19H18N2O2S/c22-19(23)16(9-17-11-20-12-21-17)10-18(24)8-13-5-6-14-3-1-2-4-15(14)7-13/h1-7,11-12,16H,8-10H2,(H,20,21)(H,22,23). The molecule has 0 saturated carbocycles. The zero-order chi connectivity index (χ0) is 16.9. The first-order valence-electron chi connectivity index (χ1n) is 7.81. The van der Waals surface area contributed by atoms with Gasteiger partial charge in [0.1, 0.15) is 0 Å². The summed E-state index contributed by atoms with van der Waals surface area (Å²) < 4.78 is 0. The third-order valence-corrected chi connectivity index (χ3v) is 4.37. The van der Waals surface area contributed by atoms with Gasteiger partial charge >= 0.3 is 5.97 Å². The van der Waals surface area contributed by atoms with E-state index in [1.54, 1.807) is 12.5 Å². The molecule has 0 bridgehead atoms. The van der Waals surface area contributed by atoms with Crippen molar-refractivity contribution in [1.82, 2.24) is 9.97 Å². The Hall–Kier alpha value is -2.53. The van der Waals surface area contributed by atoms with Crippen LogP contribution in [0.3, 0.4) is 0 Å². The highest BCUT2D eigenvalue weighted by atomic mass is 32.1. The van der Waals surface area contributed by atoms with Crippen LogP contribution in [0.2, 0.25) is 0 Å². The number of carbonyl (C=O) groups is 1. The molecule has 1 aromatic heterocycles. The molecule has 1 heterocycles. The average molecular weight is 338 g/mol. The van der Waals surface area contributed by atoms with Crippen LogP contribution in [0.25, 0.3) is 10.8 Å². The predicted octanol–water partition coefficient (Wildman–Crippen LogP) is 3.81. The lowest BCUT2D eigenvalue weighted by Crippen LogP contribution is -2.20. The predicted molar refractivity (Wildman–Crippen MR) is 98.3 cm³/mol. The van der Waals surface area contributed by atoms with Crippen LogP contribution in [0.15, 0.2) is 55.0 Å². The first-order chi connectivity index (χ1) is 11.6. The summed E-state index contributed by atoms with van der Waals surface area (Å²) >= 11 is 5.46. The maximum absolute atomic E-state index is 11.5. The molecule has 0 saturated heterocycles. The van der Waals surface area contributed by atoms with Gasteiger partial charge in [-0.2, -0.15) is 0 Å². The molecule has 4 nitrogen and oxygen atoms in total. The molecular formula is C19H18N2O2S. The molecule has 0 fully saturated rings. The summed E-state index contributed by atoms with van der Waals surface area (Å²) in [5, 5.41) is 11.8. The SMILES string of the molecule is O=C(O)C(CC(=S)Cc1ccc2ccccc2c1)Cc1cnc[nH]1. The first-order valence-corrected chi connectivity index (χ1v) is 8.22. The molecule has 24 heavy (non-hydrogen) atoms. The van der Waals surface area contributed by atoms with Crippen molar-refractivity contribution in [3.05, 3.63) is 66.2 Å². The van der Waals surface area contributed by atoms with Gasteiger partial charge in [0.15, 0.2) is 0 Å². The second-order valence-corrected chi connectivity index (χ2v) is 6.49. The van der Waals surface area contributed by atoms with E-state index in [2.05, 4.69) is 40.3 Å². The third-order valence-electron chi connectivity index (χ3n) is 4.06. The summed E-state index contributed by atoms with van der Waals surface area (Å²) in [7, 11) is 0. The largest absolute Gasteiger partial charge is 0.481 e. The van der Waals surface area contributed by atoms with Crippen LogP contribution in [-0.2, 0) is 17.6 Å². The van der Waals surface area contributed by atoms with E-state index in [-0.39, 0.29) is 0 Å². The number of aromatic amines is 1. The number of carboxylic acids is 1. The topological polar surface area (TPSA) is 66.0 Å². The van der Waals surface area contributed by atoms with Gasteiger partial charge in [0.05, 0.1) is 12.2 Å². The van der Waals surface area contributed by atoms with E-state index in [0.717, 1.165) is 16.1 Å². The van der Waals surface area contributed by atoms with E-state index in [9.17, 15) is 9.90 Å². The van der Waals surface area contributed by atoms with Gasteiger partial charge in [-0.05, 0) is 27.6 Å². The lowest BCUT2D eigenvalue weighted by Gasteiger charge is -2.12. The Bertz CT molecular complexity index is 859. The summed E-state index contributed by atoms with van der Waals surface area (Å²) in [6.45, 7) is 0. The zero-order valence-electron chi connectivity index (χ0n) is 13.1. The summed E-state index contributed by atoms with van der Waals surface area (Å²) in [4.78, 5) is 19.1. The van der Waals surface area contributed by atoms with Gasteiger partial charge in [0, 0.05) is 24.7 Å². The van der Waals surface area contributed by atoms with E-state index in [1.165, 1.54) is 10.8 Å². The van der Waals surface area contributed by atoms with Gasteiger partial charge in [-0.1, -0.05) is 54.7 Å². The molecule has 2 aromatic carbocycles. The highest BCUT2D eigenvalue weighted by Crippen LogP contribution is 2.18. The molecule has 2 N–H and O–H groups in total. The van der Waals surface area contributed by atoms with Gasteiger partial charge in [-0.15, -0.1) is 0 Å². The Kier molecular flexibility index (Phi) is 5.01. The maximum atomic E-state index is 11.5. The maximum Gasteiger partial charge on any atom is 0.307 e. The van der Waals surface area contributed by atoms with Crippen molar-refractivity contribution in [3.8, 4) is 0 Å². The molecule has 0 radical (unpaired) electrons. The van der Waals surface area contributed by atoms with Crippen molar-refractivity contribution in [2.24, 2.45) is 5.92 Å². The van der Waals surface area contributed by atoms with Crippen molar-refractivity contribution in [2.75, 3.05) is 0 Å². The average Bonchev–Trinajstić information content (AvgIpc) is 3.07. The lowest BCUT2D eigenvalue weighted by molar-refractivity contribution is -0.141. The van der Waals surface area contributed by atoms with Gasteiger partial charge in [-0.3, -0.25) is 4.79 Å². The van der Waals surface area contributed by atoms with Gasteiger partial charge < -0.3 is 10.1 Å². The molecule has 5 heteroatoms. The van der Waals surface area contributed by atoms with Crippen LogP contribution < -0.4 is 0 Å². The molecule has 3 aromatic rings. The Morgan fingerprint density at radius 3 is 2.71 bits per heavy atom. The van der Waals surface area contributed by atoms with Gasteiger partial charge in [0.25, 0.3) is 0 Å². The summed E-state index contributed by atoms with van der Waals surface area (Å²) in [6, 6.07) is 14.4. The molecule has 3 rings (SSSR count). The fourth-order valence-electron chi connectivity index (χ4n) is 2.83. The number of nitrogens with one attached hydrogen (secondary N) is 1. The quantitative estimate of drug-likeness (QED) is 0.643. The van der Waals surface area contributed by atoms with Crippen LogP contribution in [0, 0.1) is 5.92 Å². The van der Waals surface area contributed by atoms with Crippen LogP contribution in [0.1, 0.15) is 17.7 Å². The van der Waals surface area contributed by atoms with E-state index < -0.39 is 11.9 Å². The molecule has 1 atom stereocenters. The van der Waals surface area contributed by atoms with Crippen LogP contribution in [-0.4, -0.2) is 25.9 Å². The van der Waals surface area contributed by atoms with Gasteiger partial charge in [0.2, 0.25) is 0 Å². The fraction of sp³-hybridized carbons (Fsp3) is 0.211. The Morgan fingerprint density at radius 1 is 1.21 bits per heavy atom. The normalized spacial score (nSPS) is 12.2. The minimum atomic E-state index is -0.828. The second kappa shape index (κ2) is 7.36. The number of aliphatic carboxylic acids is 1. The monoisotopic (exact) mass is 338 g/mol. The van der Waals surface area contributed by atoms with Gasteiger partial charge in [-0.25, -0.2) is 4.98 Å². The Labute approximate surface area is 145 Å². The summed E-state index contributed by atoms with van der Waals surface area (Å²) in [5.41, 5.74) is 1.93. The van der Waals surface area contributed by atoms with Crippen molar-refractivity contribution in [2.45, 2.75) is 19.3 Å². The number of carboxylic acid groups (broad SMARTS) is 1. The molecule has 0 aliphatic heterocycles. The number of rotatable bonds is 7. The van der Waals surface area contributed by atoms with Crippen molar-refractivity contribution < 1.29 is 9.90 Å². The van der Waals surface area contributed by atoms with E-state index in [0.29, 0.717) is 19.3 Å². The molecule has 0 aliphatic carbocycles. The van der Waals surface area contributed by atoms with Crippen LogP contribution >= 0.6 is 12.2 Å². The number of hydrogen-bond donors (Lipinski definition) is 2. The highest BCUT2D eigenvalue weighted by molar-refractivity contribution is 7.80. The molecule has 1 unspecified atom stereocenters. The fourth-order valence-corrected chi connectivity index (χ4v) is 3.20. The Balaban J connectivity index is 1.67. The first kappa shape index (κ1) is 16.3. The minimum Gasteiger partial charge on any atom is -0.481 e. The smallest absolute Gasteiger partial charge is 0.307 e. The van der Waals surface area contributed by atoms with Crippen LogP contribution in [0.4, 0.5) is 0 Å². The summed E-state index contributed by atoms with van der Waals surface area (Å²) in [6.07, 6.45) is 4.63. The number of nitrogens with zero attached hydrogens (tertiary/aromatic N) is 1. The number of thiocarbonyl (C=S) groups is 1. The lowest BCUT2D eigenvalue weighted by atomic mass is 9.94. The van der Waals surface area contributed by atoms with Crippen molar-refractivity contribution in [3.63, 3.8) is 0 Å². The molecule has 0 aliphatic rings. The highest BCUT2D eigenvalue weighted by Gasteiger charge is 2.20. The van der Waals surface area contributed by atoms with Crippen molar-refractivity contribution >= 4 is 33.8 Å². The number of fused-ring (bicyclic) bond motifs is 1. The minimum absolute atomic E-state index is 0.385. The Morgan fingerprint density at radius 2 is 2.00 bits per heavy atom. The number of aromatic nitrogens is 2. The van der Waals surface area contributed by atoms with Crippen LogP contribution in [0.5, 0.6) is 0 Å². The summed E-state index contributed by atoms with van der Waals surface area (Å²) in [5.74, 6) is -1.36. The number of hydrogen-bond acceptors (Lipinski definition) is 3. The molecule has 122 valence electrons. The van der Waals surface area contributed by atoms with E-state index in [1.807, 2.05) is 12.1 Å². The number of benzene rings is 2. The molecule has 0 amide bonds. The molecular weight excluding hydrogens is 320 g/mol. The zero-order valence-corrected chi connectivity index (χ0v) is 13.9. The van der Waals surface area contributed by atoms with E-state index >= 15 is 0 Å². The number of imidazole rings is 1. The number of H-pyrrole nitrogens is 1. The van der Waals surface area contributed by atoms with E-state index in [4.69, 9.17) is 12.2 Å². The second-order valence-electron chi connectivity index (χ2n) is 5.92. The molecule has 0 spiro atoms. The van der Waals surface area contributed by atoms with Crippen molar-refractivity contribution in [1.29, 1.82) is 0 Å². The third kappa shape index (κ3) is 4.06.